The van der Waals surface area contributed by atoms with Crippen LogP contribution < -0.4 is 10.6 Å². The predicted molar refractivity (Wildman–Crippen MR) is 109 cm³/mol. The number of hydrogen-bond donors (Lipinski definition) is 2. The van der Waals surface area contributed by atoms with Gasteiger partial charge in [0.1, 0.15) is 0 Å². The zero-order valence-electron chi connectivity index (χ0n) is 14.1. The Bertz CT molecular complexity index is 379. The van der Waals surface area contributed by atoms with E-state index in [2.05, 4.69) is 34.2 Å². The van der Waals surface area contributed by atoms with Crippen LogP contribution in [-0.2, 0) is 4.74 Å². The van der Waals surface area contributed by atoms with E-state index in [4.69, 9.17) is 9.73 Å². The molecule has 3 heterocycles. The molecule has 3 aliphatic heterocycles. The van der Waals surface area contributed by atoms with Crippen molar-refractivity contribution in [1.82, 2.24) is 15.5 Å². The van der Waals surface area contributed by atoms with E-state index in [1.54, 1.807) is 0 Å². The van der Waals surface area contributed by atoms with Crippen molar-refractivity contribution < 1.29 is 4.74 Å². The van der Waals surface area contributed by atoms with E-state index in [1.165, 1.54) is 38.0 Å². The van der Waals surface area contributed by atoms with Crippen molar-refractivity contribution in [3.63, 3.8) is 0 Å². The van der Waals surface area contributed by atoms with Crippen LogP contribution in [-0.4, -0.2) is 73.3 Å². The van der Waals surface area contributed by atoms with E-state index in [-0.39, 0.29) is 30.1 Å². The number of rotatable bonds is 5. The Morgan fingerprint density at radius 3 is 3.00 bits per heavy atom. The van der Waals surface area contributed by atoms with Gasteiger partial charge in [-0.15, -0.1) is 24.0 Å². The molecule has 0 aliphatic carbocycles. The highest BCUT2D eigenvalue weighted by molar-refractivity contribution is 14.0. The zero-order chi connectivity index (χ0) is 15.2. The number of halogens is 1. The zero-order valence-corrected chi connectivity index (χ0v) is 17.3. The largest absolute Gasteiger partial charge is 0.373 e. The summed E-state index contributed by atoms with van der Waals surface area (Å²) >= 11 is 2.08. The molecule has 0 bridgehead atoms. The number of nitrogens with one attached hydrogen (secondary N) is 2. The molecule has 0 aromatic rings. The minimum atomic E-state index is 0. The van der Waals surface area contributed by atoms with Crippen LogP contribution in [0.25, 0.3) is 0 Å². The second-order valence-electron chi connectivity index (χ2n) is 6.48. The molecule has 0 aromatic carbocycles. The number of ether oxygens (including phenoxy) is 1. The van der Waals surface area contributed by atoms with Gasteiger partial charge in [0.25, 0.3) is 0 Å². The Balaban J connectivity index is 0.00000192. The summed E-state index contributed by atoms with van der Waals surface area (Å²) < 4.78 is 5.99. The lowest BCUT2D eigenvalue weighted by molar-refractivity contribution is -0.0432. The maximum absolute atomic E-state index is 5.99. The fourth-order valence-electron chi connectivity index (χ4n) is 3.55. The number of morpholine rings is 1. The number of nitrogens with zero attached hydrogens (tertiary/aromatic N) is 2. The Morgan fingerprint density at radius 1 is 1.30 bits per heavy atom. The summed E-state index contributed by atoms with van der Waals surface area (Å²) in [6, 6.07) is 0.672. The predicted octanol–water partition coefficient (Wildman–Crippen LogP) is 1.92. The highest BCUT2D eigenvalue weighted by atomic mass is 127. The standard InChI is InChI=1S/C16H30N4OS.HI/c1-2-17-16(19-10-15-6-4-8-22-15)18-9-14-11-20-7-3-5-13(20)12-21-14;/h13-15H,2-12H2,1H3,(H2,17,18,19);1H. The SMILES string of the molecule is CCNC(=NCC1CN2CCCC2CO1)NCC1CCCS1.I. The van der Waals surface area contributed by atoms with Gasteiger partial charge in [0.15, 0.2) is 5.96 Å². The summed E-state index contributed by atoms with van der Waals surface area (Å²) in [6.07, 6.45) is 5.58. The Labute approximate surface area is 161 Å². The molecule has 3 rings (SSSR count). The maximum atomic E-state index is 5.99. The summed E-state index contributed by atoms with van der Waals surface area (Å²) in [7, 11) is 0. The topological polar surface area (TPSA) is 48.9 Å². The highest BCUT2D eigenvalue weighted by Gasteiger charge is 2.32. The minimum absolute atomic E-state index is 0. The number of guanidine groups is 1. The third kappa shape index (κ3) is 5.93. The Hall–Kier alpha value is 0.270. The molecule has 0 aromatic heterocycles. The third-order valence-electron chi connectivity index (χ3n) is 4.78. The molecule has 3 unspecified atom stereocenters. The summed E-state index contributed by atoms with van der Waals surface area (Å²) in [6.45, 7) is 7.99. The Morgan fingerprint density at radius 2 is 2.22 bits per heavy atom. The van der Waals surface area contributed by atoms with Gasteiger partial charge in [0.2, 0.25) is 0 Å². The molecule has 23 heavy (non-hydrogen) atoms. The van der Waals surface area contributed by atoms with Crippen LogP contribution in [0.3, 0.4) is 0 Å². The van der Waals surface area contributed by atoms with E-state index in [1.807, 2.05) is 0 Å². The lowest BCUT2D eigenvalue weighted by atomic mass is 10.2. The lowest BCUT2D eigenvalue weighted by Crippen LogP contribution is -2.47. The van der Waals surface area contributed by atoms with Crippen LogP contribution in [0.5, 0.6) is 0 Å². The van der Waals surface area contributed by atoms with Crippen LogP contribution >= 0.6 is 35.7 Å². The second kappa shape index (κ2) is 10.3. The first kappa shape index (κ1) is 19.6. The molecular weight excluding hydrogens is 423 g/mol. The van der Waals surface area contributed by atoms with Crippen LogP contribution in [0.15, 0.2) is 4.99 Å². The van der Waals surface area contributed by atoms with Gasteiger partial charge in [-0.2, -0.15) is 11.8 Å². The molecule has 5 nitrogen and oxygen atoms in total. The molecule has 3 atom stereocenters. The number of thioether (sulfide) groups is 1. The lowest BCUT2D eigenvalue weighted by Gasteiger charge is -2.34. The smallest absolute Gasteiger partial charge is 0.191 e. The van der Waals surface area contributed by atoms with Gasteiger partial charge in [0.05, 0.1) is 19.3 Å². The molecular formula is C16H31IN4OS. The first-order valence-electron chi connectivity index (χ1n) is 8.84. The summed E-state index contributed by atoms with van der Waals surface area (Å²) in [5.41, 5.74) is 0. The average molecular weight is 454 g/mol. The molecule has 0 amide bonds. The van der Waals surface area contributed by atoms with Crippen molar-refractivity contribution in [2.45, 2.75) is 50.0 Å². The molecule has 0 saturated carbocycles. The molecule has 0 spiro atoms. The first-order chi connectivity index (χ1) is 10.8. The summed E-state index contributed by atoms with van der Waals surface area (Å²) in [5.74, 6) is 2.26. The van der Waals surface area contributed by atoms with Crippen molar-refractivity contribution in [1.29, 1.82) is 0 Å². The molecule has 3 saturated heterocycles. The van der Waals surface area contributed by atoms with E-state index in [0.717, 1.165) is 44.0 Å². The van der Waals surface area contributed by atoms with Gasteiger partial charge in [0, 0.05) is 30.9 Å². The van der Waals surface area contributed by atoms with Crippen LogP contribution in [0.2, 0.25) is 0 Å². The molecule has 0 radical (unpaired) electrons. The quantitative estimate of drug-likeness (QED) is 0.378. The summed E-state index contributed by atoms with van der Waals surface area (Å²) in [5, 5.41) is 7.60. The average Bonchev–Trinajstić information content (AvgIpc) is 3.20. The monoisotopic (exact) mass is 454 g/mol. The van der Waals surface area contributed by atoms with Crippen LogP contribution in [0.4, 0.5) is 0 Å². The van der Waals surface area contributed by atoms with Crippen molar-refractivity contribution >= 4 is 41.7 Å². The second-order valence-corrected chi connectivity index (χ2v) is 7.89. The van der Waals surface area contributed by atoms with E-state index >= 15 is 0 Å². The number of fused-ring (bicyclic) bond motifs is 1. The molecule has 2 N–H and O–H groups in total. The Kier molecular flexibility index (Phi) is 8.78. The summed E-state index contributed by atoms with van der Waals surface area (Å²) in [4.78, 5) is 7.33. The van der Waals surface area contributed by atoms with Crippen molar-refractivity contribution in [3.05, 3.63) is 0 Å². The molecule has 7 heteroatoms. The molecule has 3 aliphatic rings. The fraction of sp³-hybridized carbons (Fsp3) is 0.938. The van der Waals surface area contributed by atoms with Gasteiger partial charge < -0.3 is 15.4 Å². The normalized spacial score (nSPS) is 31.5. The van der Waals surface area contributed by atoms with E-state index in [9.17, 15) is 0 Å². The number of hydrogen-bond acceptors (Lipinski definition) is 4. The van der Waals surface area contributed by atoms with E-state index < -0.39 is 0 Å². The van der Waals surface area contributed by atoms with Crippen LogP contribution in [0.1, 0.15) is 32.6 Å². The third-order valence-corrected chi connectivity index (χ3v) is 6.18. The van der Waals surface area contributed by atoms with Crippen LogP contribution in [0, 0.1) is 0 Å². The highest BCUT2D eigenvalue weighted by Crippen LogP contribution is 2.25. The van der Waals surface area contributed by atoms with Gasteiger partial charge in [-0.05, 0) is 44.9 Å². The minimum Gasteiger partial charge on any atom is -0.373 e. The molecule has 134 valence electrons. The van der Waals surface area contributed by atoms with Gasteiger partial charge >= 0.3 is 0 Å². The van der Waals surface area contributed by atoms with E-state index in [0.29, 0.717) is 6.04 Å². The fourth-order valence-corrected chi connectivity index (χ4v) is 4.75. The molecule has 3 fully saturated rings. The number of aliphatic imine (C=N–C) groups is 1. The van der Waals surface area contributed by atoms with Gasteiger partial charge in [-0.1, -0.05) is 0 Å². The van der Waals surface area contributed by atoms with Gasteiger partial charge in [-0.3, -0.25) is 9.89 Å². The first-order valence-corrected chi connectivity index (χ1v) is 9.89. The maximum Gasteiger partial charge on any atom is 0.191 e. The van der Waals surface area contributed by atoms with Crippen molar-refractivity contribution in [2.24, 2.45) is 4.99 Å². The van der Waals surface area contributed by atoms with Crippen molar-refractivity contribution in [3.8, 4) is 0 Å². The van der Waals surface area contributed by atoms with Crippen molar-refractivity contribution in [2.75, 3.05) is 45.1 Å². The van der Waals surface area contributed by atoms with Gasteiger partial charge in [-0.25, -0.2) is 0 Å².